The Labute approximate surface area is 203 Å². The average Bonchev–Trinajstić information content (AvgIpc) is 3.18. The first-order valence-electron chi connectivity index (χ1n) is 10.1. The molecular formula is C24H15BrF3N3O2S. The minimum atomic E-state index is -4.80. The predicted molar refractivity (Wildman–Crippen MR) is 130 cm³/mol. The molecule has 10 heteroatoms. The molecule has 2 aromatic heterocycles. The number of aromatic amines is 1. The van der Waals surface area contributed by atoms with E-state index in [0.717, 1.165) is 20.9 Å². The smallest absolute Gasteiger partial charge is 0.406 e. The van der Waals surface area contributed by atoms with E-state index >= 15 is 0 Å². The van der Waals surface area contributed by atoms with E-state index in [2.05, 4.69) is 25.7 Å². The van der Waals surface area contributed by atoms with Crippen molar-refractivity contribution in [2.75, 3.05) is 0 Å². The van der Waals surface area contributed by atoms with Crippen LogP contribution in [0.5, 0.6) is 5.75 Å². The zero-order chi connectivity index (χ0) is 23.9. The number of thioether (sulfide) groups is 1. The van der Waals surface area contributed by atoms with Crippen molar-refractivity contribution >= 4 is 49.6 Å². The molecule has 34 heavy (non-hydrogen) atoms. The van der Waals surface area contributed by atoms with Crippen molar-refractivity contribution in [1.82, 2.24) is 14.5 Å². The molecule has 0 saturated heterocycles. The lowest BCUT2D eigenvalue weighted by molar-refractivity contribution is -0.274. The number of para-hydroxylation sites is 1. The van der Waals surface area contributed by atoms with Crippen molar-refractivity contribution in [3.8, 4) is 11.4 Å². The van der Waals surface area contributed by atoms with Crippen molar-refractivity contribution in [1.29, 1.82) is 0 Å². The Morgan fingerprint density at radius 2 is 1.71 bits per heavy atom. The van der Waals surface area contributed by atoms with Crippen LogP contribution in [0.3, 0.4) is 0 Å². The van der Waals surface area contributed by atoms with Crippen molar-refractivity contribution < 1.29 is 17.9 Å². The van der Waals surface area contributed by atoms with Gasteiger partial charge in [-0.25, -0.2) is 4.98 Å². The zero-order valence-electron chi connectivity index (χ0n) is 17.3. The summed E-state index contributed by atoms with van der Waals surface area (Å²) in [5.41, 5.74) is 2.71. The molecule has 172 valence electrons. The molecule has 0 aliphatic carbocycles. The maximum Gasteiger partial charge on any atom is 0.573 e. The molecule has 5 nitrogen and oxygen atoms in total. The number of benzene rings is 3. The van der Waals surface area contributed by atoms with Gasteiger partial charge in [-0.15, -0.1) is 13.2 Å². The highest BCUT2D eigenvalue weighted by molar-refractivity contribution is 9.10. The fraction of sp³-hybridized carbons (Fsp3) is 0.0833. The van der Waals surface area contributed by atoms with Gasteiger partial charge in [-0.1, -0.05) is 58.0 Å². The molecule has 2 heterocycles. The minimum Gasteiger partial charge on any atom is -0.406 e. The van der Waals surface area contributed by atoms with Crippen LogP contribution in [0.15, 0.2) is 87.2 Å². The number of nitrogens with zero attached hydrogens (tertiary/aromatic N) is 2. The Balaban J connectivity index is 1.62. The number of halogens is 4. The number of H-pyrrole nitrogens is 1. The number of fused-ring (bicyclic) bond motifs is 3. The van der Waals surface area contributed by atoms with Gasteiger partial charge >= 0.3 is 6.36 Å². The van der Waals surface area contributed by atoms with Crippen LogP contribution in [0.4, 0.5) is 13.2 Å². The van der Waals surface area contributed by atoms with E-state index in [0.29, 0.717) is 27.6 Å². The number of nitrogens with one attached hydrogen (secondary N) is 1. The van der Waals surface area contributed by atoms with E-state index in [1.165, 1.54) is 40.6 Å². The van der Waals surface area contributed by atoms with Gasteiger partial charge in [0, 0.05) is 21.1 Å². The largest absolute Gasteiger partial charge is 0.573 e. The van der Waals surface area contributed by atoms with Crippen LogP contribution >= 0.6 is 27.7 Å². The van der Waals surface area contributed by atoms with Gasteiger partial charge in [0.25, 0.3) is 5.56 Å². The second kappa shape index (κ2) is 8.84. The molecule has 0 fully saturated rings. The number of ether oxygens (including phenoxy) is 1. The van der Waals surface area contributed by atoms with Gasteiger partial charge in [0.05, 0.1) is 5.69 Å². The van der Waals surface area contributed by atoms with Gasteiger partial charge in [-0.2, -0.15) is 0 Å². The fourth-order valence-electron chi connectivity index (χ4n) is 3.59. The monoisotopic (exact) mass is 545 g/mol. The van der Waals surface area contributed by atoms with Crippen molar-refractivity contribution in [3.63, 3.8) is 0 Å². The molecule has 0 atom stereocenters. The Bertz CT molecular complexity index is 1550. The quantitative estimate of drug-likeness (QED) is 0.194. The summed E-state index contributed by atoms with van der Waals surface area (Å²) in [6.45, 7) is 0. The lowest BCUT2D eigenvalue weighted by Crippen LogP contribution is -2.22. The van der Waals surface area contributed by atoms with Gasteiger partial charge in [0.2, 0.25) is 0 Å². The summed E-state index contributed by atoms with van der Waals surface area (Å²) in [6.07, 6.45) is -4.80. The van der Waals surface area contributed by atoms with Crippen LogP contribution in [0, 0.1) is 0 Å². The number of hydrogen-bond acceptors (Lipinski definition) is 4. The molecule has 0 spiro atoms. The fourth-order valence-corrected chi connectivity index (χ4v) is 4.82. The molecule has 0 saturated carbocycles. The third kappa shape index (κ3) is 4.55. The highest BCUT2D eigenvalue weighted by Gasteiger charge is 2.31. The lowest BCUT2D eigenvalue weighted by Gasteiger charge is -2.14. The minimum absolute atomic E-state index is 0.324. The molecule has 0 bridgehead atoms. The molecule has 1 N–H and O–H groups in total. The van der Waals surface area contributed by atoms with Crippen LogP contribution in [0.25, 0.3) is 27.6 Å². The van der Waals surface area contributed by atoms with Crippen LogP contribution < -0.4 is 10.3 Å². The molecule has 0 aliphatic rings. The van der Waals surface area contributed by atoms with E-state index in [1.807, 2.05) is 48.5 Å². The summed E-state index contributed by atoms with van der Waals surface area (Å²) in [5, 5.41) is 1.25. The summed E-state index contributed by atoms with van der Waals surface area (Å²) in [5.74, 6) is 0.177. The molecule has 0 unspecified atom stereocenters. The van der Waals surface area contributed by atoms with Gasteiger partial charge in [0.15, 0.2) is 5.16 Å². The van der Waals surface area contributed by atoms with Gasteiger partial charge in [0.1, 0.15) is 16.8 Å². The molecule has 5 rings (SSSR count). The SMILES string of the molecule is O=c1c2[nH]c3ccccc3c2nc(SCc2ccc(Br)cc2)n1-c1ccc(OC(F)(F)F)cc1. The van der Waals surface area contributed by atoms with E-state index in [9.17, 15) is 18.0 Å². The van der Waals surface area contributed by atoms with Crippen LogP contribution in [-0.4, -0.2) is 20.9 Å². The van der Waals surface area contributed by atoms with E-state index in [4.69, 9.17) is 4.98 Å². The van der Waals surface area contributed by atoms with Crippen molar-refractivity contribution in [2.24, 2.45) is 0 Å². The highest BCUT2D eigenvalue weighted by atomic mass is 79.9. The van der Waals surface area contributed by atoms with Gasteiger partial charge in [-0.3, -0.25) is 9.36 Å². The van der Waals surface area contributed by atoms with Crippen molar-refractivity contribution in [3.05, 3.63) is 93.2 Å². The van der Waals surface area contributed by atoms with E-state index < -0.39 is 6.36 Å². The Hall–Kier alpha value is -3.24. The molecular weight excluding hydrogens is 531 g/mol. The normalized spacial score (nSPS) is 11.9. The van der Waals surface area contributed by atoms with Gasteiger partial charge < -0.3 is 9.72 Å². The topological polar surface area (TPSA) is 59.9 Å². The lowest BCUT2D eigenvalue weighted by atomic mass is 10.2. The molecule has 0 aliphatic heterocycles. The summed E-state index contributed by atoms with van der Waals surface area (Å²) >= 11 is 4.78. The summed E-state index contributed by atoms with van der Waals surface area (Å²) in [4.78, 5) is 21.5. The maximum atomic E-state index is 13.6. The van der Waals surface area contributed by atoms with Crippen LogP contribution in [-0.2, 0) is 5.75 Å². The number of rotatable bonds is 5. The van der Waals surface area contributed by atoms with Crippen LogP contribution in [0.2, 0.25) is 0 Å². The average molecular weight is 546 g/mol. The Kier molecular flexibility index (Phi) is 5.86. The molecule has 0 radical (unpaired) electrons. The molecule has 5 aromatic rings. The number of aromatic nitrogens is 3. The summed E-state index contributed by atoms with van der Waals surface area (Å²) < 4.78 is 44.0. The second-order valence-electron chi connectivity index (χ2n) is 7.39. The first-order valence-corrected chi connectivity index (χ1v) is 11.8. The molecule has 0 amide bonds. The third-order valence-electron chi connectivity index (χ3n) is 5.10. The van der Waals surface area contributed by atoms with E-state index in [-0.39, 0.29) is 11.3 Å². The maximum absolute atomic E-state index is 13.6. The zero-order valence-corrected chi connectivity index (χ0v) is 19.7. The Morgan fingerprint density at radius 1 is 1.00 bits per heavy atom. The summed E-state index contributed by atoms with van der Waals surface area (Å²) in [7, 11) is 0. The van der Waals surface area contributed by atoms with Gasteiger partial charge in [-0.05, 0) is 48.0 Å². The second-order valence-corrected chi connectivity index (χ2v) is 9.24. The van der Waals surface area contributed by atoms with Crippen molar-refractivity contribution in [2.45, 2.75) is 17.3 Å². The third-order valence-corrected chi connectivity index (χ3v) is 6.64. The first kappa shape index (κ1) is 22.5. The Morgan fingerprint density at radius 3 is 2.41 bits per heavy atom. The molecule has 3 aromatic carbocycles. The number of hydrogen-bond donors (Lipinski definition) is 1. The van der Waals surface area contributed by atoms with Crippen LogP contribution in [0.1, 0.15) is 5.56 Å². The standard InChI is InChI=1S/C24H15BrF3N3O2S/c25-15-7-5-14(6-8-15)13-34-23-30-20-18-3-1-2-4-19(18)29-21(20)22(32)31(23)16-9-11-17(12-10-16)33-24(26,27)28/h1-12,29H,13H2. The van der Waals surface area contributed by atoms with E-state index in [1.54, 1.807) is 0 Å². The summed E-state index contributed by atoms with van der Waals surface area (Å²) in [6, 6.07) is 20.4. The first-order chi connectivity index (χ1) is 16.3. The number of alkyl halides is 3. The predicted octanol–water partition coefficient (Wildman–Crippen LogP) is 6.82. The highest BCUT2D eigenvalue weighted by Crippen LogP contribution is 2.29.